The van der Waals surface area contributed by atoms with Gasteiger partial charge < -0.3 is 4.74 Å². The Hall–Kier alpha value is -2.94. The minimum atomic E-state index is -0.0469. The lowest BCUT2D eigenvalue weighted by molar-refractivity contribution is 0.103. The van der Waals surface area contributed by atoms with Crippen LogP contribution >= 0.6 is 0 Å². The van der Waals surface area contributed by atoms with Crippen LogP contribution < -0.4 is 4.74 Å². The first kappa shape index (κ1) is 13.1. The first-order chi connectivity index (χ1) is 10.3. The van der Waals surface area contributed by atoms with E-state index in [1.165, 1.54) is 6.20 Å². The molecule has 0 N–H and O–H groups in total. The molecule has 0 aliphatic carbocycles. The van der Waals surface area contributed by atoms with Crippen LogP contribution in [0.25, 0.3) is 0 Å². The summed E-state index contributed by atoms with van der Waals surface area (Å²) in [6, 6.07) is 22.0. The van der Waals surface area contributed by atoms with Gasteiger partial charge in [-0.2, -0.15) is 0 Å². The molecule has 1 aromatic heterocycles. The fraction of sp³-hybridized carbons (Fsp3) is 0. The largest absolute Gasteiger partial charge is 0.439 e. The lowest BCUT2D eigenvalue weighted by Gasteiger charge is -2.05. The van der Waals surface area contributed by atoms with Crippen molar-refractivity contribution in [3.8, 4) is 11.6 Å². The van der Waals surface area contributed by atoms with Gasteiger partial charge in [-0.1, -0.05) is 48.5 Å². The van der Waals surface area contributed by atoms with E-state index in [1.54, 1.807) is 24.3 Å². The van der Waals surface area contributed by atoms with Crippen LogP contribution in [0.2, 0.25) is 0 Å². The maximum Gasteiger partial charge on any atom is 0.219 e. The third-order valence-electron chi connectivity index (χ3n) is 3.00. The van der Waals surface area contributed by atoms with E-state index in [1.807, 2.05) is 48.5 Å². The number of hydrogen-bond donors (Lipinski definition) is 0. The van der Waals surface area contributed by atoms with Gasteiger partial charge in [0, 0.05) is 23.4 Å². The monoisotopic (exact) mass is 275 g/mol. The number of rotatable bonds is 4. The van der Waals surface area contributed by atoms with Crippen LogP contribution in [0.15, 0.2) is 79.0 Å². The number of pyridine rings is 1. The SMILES string of the molecule is O=C(c1ccccc1)c1ccc(Oc2ccccc2)nc1. The van der Waals surface area contributed by atoms with Crippen molar-refractivity contribution >= 4 is 5.78 Å². The van der Waals surface area contributed by atoms with Crippen molar-refractivity contribution in [2.75, 3.05) is 0 Å². The molecule has 0 unspecified atom stereocenters. The average molecular weight is 275 g/mol. The summed E-state index contributed by atoms with van der Waals surface area (Å²) in [4.78, 5) is 16.4. The summed E-state index contributed by atoms with van der Waals surface area (Å²) in [6.45, 7) is 0. The van der Waals surface area contributed by atoms with Gasteiger partial charge in [0.2, 0.25) is 5.88 Å². The van der Waals surface area contributed by atoms with Crippen LogP contribution in [0, 0.1) is 0 Å². The Morgan fingerprint density at radius 2 is 1.43 bits per heavy atom. The maximum atomic E-state index is 12.2. The van der Waals surface area contributed by atoms with Crippen molar-refractivity contribution in [2.45, 2.75) is 0 Å². The summed E-state index contributed by atoms with van der Waals surface area (Å²) in [6.07, 6.45) is 1.54. The van der Waals surface area contributed by atoms with E-state index in [0.717, 1.165) is 0 Å². The third-order valence-corrected chi connectivity index (χ3v) is 3.00. The van der Waals surface area contributed by atoms with Crippen LogP contribution in [0.1, 0.15) is 15.9 Å². The van der Waals surface area contributed by atoms with Crippen molar-refractivity contribution in [2.24, 2.45) is 0 Å². The minimum Gasteiger partial charge on any atom is -0.439 e. The van der Waals surface area contributed by atoms with Crippen LogP contribution in [0.5, 0.6) is 11.6 Å². The first-order valence-corrected chi connectivity index (χ1v) is 6.61. The molecule has 0 atom stereocenters. The van der Waals surface area contributed by atoms with Crippen LogP contribution in [0.4, 0.5) is 0 Å². The molecule has 21 heavy (non-hydrogen) atoms. The molecule has 0 aliphatic rings. The summed E-state index contributed by atoms with van der Waals surface area (Å²) in [7, 11) is 0. The summed E-state index contributed by atoms with van der Waals surface area (Å²) in [5.41, 5.74) is 1.19. The number of carbonyl (C=O) groups excluding carboxylic acids is 1. The molecule has 1 heterocycles. The van der Waals surface area contributed by atoms with Crippen molar-refractivity contribution in [1.29, 1.82) is 0 Å². The van der Waals surface area contributed by atoms with Crippen molar-refractivity contribution in [3.63, 3.8) is 0 Å². The number of ketones is 1. The molecule has 0 saturated heterocycles. The van der Waals surface area contributed by atoms with Gasteiger partial charge in [0.25, 0.3) is 0 Å². The van der Waals surface area contributed by atoms with Gasteiger partial charge in [-0.15, -0.1) is 0 Å². The van der Waals surface area contributed by atoms with Crippen molar-refractivity contribution in [3.05, 3.63) is 90.1 Å². The Morgan fingerprint density at radius 3 is 2.05 bits per heavy atom. The fourth-order valence-electron chi connectivity index (χ4n) is 1.94. The molecular formula is C18H13NO2. The molecule has 0 bridgehead atoms. The molecule has 0 aliphatic heterocycles. The summed E-state index contributed by atoms with van der Waals surface area (Å²) in [5.74, 6) is 1.13. The zero-order valence-corrected chi connectivity index (χ0v) is 11.3. The molecule has 3 rings (SSSR count). The quantitative estimate of drug-likeness (QED) is 0.673. The topological polar surface area (TPSA) is 39.2 Å². The van der Waals surface area contributed by atoms with Gasteiger partial charge in [-0.3, -0.25) is 4.79 Å². The molecule has 0 fully saturated rings. The molecule has 0 radical (unpaired) electrons. The summed E-state index contributed by atoms with van der Waals surface area (Å²) < 4.78 is 5.60. The van der Waals surface area contributed by atoms with Crippen molar-refractivity contribution < 1.29 is 9.53 Å². The second-order valence-corrected chi connectivity index (χ2v) is 4.50. The van der Waals surface area contributed by atoms with Crippen LogP contribution in [-0.4, -0.2) is 10.8 Å². The van der Waals surface area contributed by atoms with Crippen LogP contribution in [0.3, 0.4) is 0 Å². The van der Waals surface area contributed by atoms with E-state index in [0.29, 0.717) is 22.8 Å². The minimum absolute atomic E-state index is 0.0469. The van der Waals surface area contributed by atoms with Crippen molar-refractivity contribution in [1.82, 2.24) is 4.98 Å². The van der Waals surface area contributed by atoms with Gasteiger partial charge in [0.05, 0.1) is 0 Å². The maximum absolute atomic E-state index is 12.2. The molecule has 3 aromatic rings. The van der Waals surface area contributed by atoms with Gasteiger partial charge in [0.1, 0.15) is 5.75 Å². The number of aromatic nitrogens is 1. The van der Waals surface area contributed by atoms with Gasteiger partial charge in [-0.05, 0) is 18.2 Å². The molecule has 3 nitrogen and oxygen atoms in total. The lowest BCUT2D eigenvalue weighted by Crippen LogP contribution is -2.01. The second-order valence-electron chi connectivity index (χ2n) is 4.50. The zero-order chi connectivity index (χ0) is 14.5. The molecule has 0 saturated carbocycles. The third kappa shape index (κ3) is 3.15. The molecule has 2 aromatic carbocycles. The van der Waals surface area contributed by atoms with E-state index in [-0.39, 0.29) is 5.78 Å². The first-order valence-electron chi connectivity index (χ1n) is 6.61. The number of hydrogen-bond acceptors (Lipinski definition) is 3. The Morgan fingerprint density at radius 1 is 0.762 bits per heavy atom. The Bertz CT molecular complexity index is 722. The molecule has 0 amide bonds. The van der Waals surface area contributed by atoms with E-state index in [2.05, 4.69) is 4.98 Å². The summed E-state index contributed by atoms with van der Waals surface area (Å²) >= 11 is 0. The number of nitrogens with zero attached hydrogens (tertiary/aromatic N) is 1. The second kappa shape index (κ2) is 6.01. The normalized spacial score (nSPS) is 10.1. The fourth-order valence-corrected chi connectivity index (χ4v) is 1.94. The van der Waals surface area contributed by atoms with Crippen LogP contribution in [-0.2, 0) is 0 Å². The van der Waals surface area contributed by atoms with Gasteiger partial charge in [-0.25, -0.2) is 4.98 Å². The van der Waals surface area contributed by atoms with Gasteiger partial charge in [0.15, 0.2) is 5.78 Å². The number of ether oxygens (including phenoxy) is 1. The Labute approximate surface area is 122 Å². The lowest BCUT2D eigenvalue weighted by atomic mass is 10.1. The van der Waals surface area contributed by atoms with E-state index in [4.69, 9.17) is 4.74 Å². The smallest absolute Gasteiger partial charge is 0.219 e. The number of benzene rings is 2. The molecule has 3 heteroatoms. The number of para-hydroxylation sites is 1. The van der Waals surface area contributed by atoms with E-state index < -0.39 is 0 Å². The predicted molar refractivity (Wildman–Crippen MR) is 80.6 cm³/mol. The summed E-state index contributed by atoms with van der Waals surface area (Å²) in [5, 5.41) is 0. The number of carbonyl (C=O) groups is 1. The Kier molecular flexibility index (Phi) is 3.74. The highest BCUT2D eigenvalue weighted by atomic mass is 16.5. The Balaban J connectivity index is 1.77. The molecule has 102 valence electrons. The highest BCUT2D eigenvalue weighted by molar-refractivity contribution is 6.08. The standard InChI is InChI=1S/C18H13NO2/c20-18(14-7-3-1-4-8-14)15-11-12-17(19-13-15)21-16-9-5-2-6-10-16/h1-13H. The van der Waals surface area contributed by atoms with E-state index in [9.17, 15) is 4.79 Å². The van der Waals surface area contributed by atoms with Gasteiger partial charge >= 0.3 is 0 Å². The highest BCUT2D eigenvalue weighted by Crippen LogP contribution is 2.19. The van der Waals surface area contributed by atoms with E-state index >= 15 is 0 Å². The predicted octanol–water partition coefficient (Wildman–Crippen LogP) is 4.10. The average Bonchev–Trinajstić information content (AvgIpc) is 2.57. The molecule has 0 spiro atoms. The zero-order valence-electron chi connectivity index (χ0n) is 11.3. The molecular weight excluding hydrogens is 262 g/mol. The highest BCUT2D eigenvalue weighted by Gasteiger charge is 2.09.